The van der Waals surface area contributed by atoms with E-state index in [1.807, 2.05) is 11.0 Å². The minimum Gasteiger partial charge on any atom is -0.369 e. The summed E-state index contributed by atoms with van der Waals surface area (Å²) in [5.41, 5.74) is 7.21. The Morgan fingerprint density at radius 2 is 1.65 bits per heavy atom. The van der Waals surface area contributed by atoms with Gasteiger partial charge in [0.15, 0.2) is 0 Å². The van der Waals surface area contributed by atoms with E-state index in [9.17, 15) is 4.79 Å². The van der Waals surface area contributed by atoms with Gasteiger partial charge in [0, 0.05) is 51.0 Å². The fourth-order valence-electron chi connectivity index (χ4n) is 3.55. The molecule has 2 heterocycles. The number of hydrogen-bond acceptors (Lipinski definition) is 4. The molecule has 5 heteroatoms. The molecule has 1 aromatic carbocycles. The van der Waals surface area contributed by atoms with Crippen LogP contribution in [0.1, 0.15) is 19.8 Å². The second-order valence-electron chi connectivity index (χ2n) is 6.70. The number of anilines is 1. The van der Waals surface area contributed by atoms with Crippen molar-refractivity contribution in [2.75, 3.05) is 44.2 Å². The summed E-state index contributed by atoms with van der Waals surface area (Å²) in [7, 11) is 0. The minimum absolute atomic E-state index is 0.0257. The standard InChI is InChI=1S/C18H28N4O/c1-15(18(23)22-9-7-16(19)8-10-22)20-11-13-21(14-12-20)17-5-3-2-4-6-17/h2-6,15-16H,7-14,19H2,1H3. The quantitative estimate of drug-likeness (QED) is 0.909. The van der Waals surface area contributed by atoms with Crippen LogP contribution in [0.5, 0.6) is 0 Å². The molecule has 1 atom stereocenters. The summed E-state index contributed by atoms with van der Waals surface area (Å²) in [6.45, 7) is 7.51. The van der Waals surface area contributed by atoms with Gasteiger partial charge in [-0.3, -0.25) is 9.69 Å². The first kappa shape index (κ1) is 16.3. The van der Waals surface area contributed by atoms with Gasteiger partial charge in [0.1, 0.15) is 0 Å². The third kappa shape index (κ3) is 3.85. The maximum absolute atomic E-state index is 12.7. The molecule has 2 N–H and O–H groups in total. The first-order valence-corrected chi connectivity index (χ1v) is 8.73. The molecule has 2 aliphatic heterocycles. The van der Waals surface area contributed by atoms with Gasteiger partial charge in [-0.15, -0.1) is 0 Å². The Balaban J connectivity index is 1.52. The van der Waals surface area contributed by atoms with Gasteiger partial charge in [-0.2, -0.15) is 0 Å². The van der Waals surface area contributed by atoms with Gasteiger partial charge in [-0.1, -0.05) is 18.2 Å². The summed E-state index contributed by atoms with van der Waals surface area (Å²) in [5, 5.41) is 0. The molecular formula is C18H28N4O. The van der Waals surface area contributed by atoms with Crippen molar-refractivity contribution >= 4 is 11.6 Å². The number of hydrogen-bond donors (Lipinski definition) is 1. The Morgan fingerprint density at radius 1 is 1.04 bits per heavy atom. The Morgan fingerprint density at radius 3 is 2.26 bits per heavy atom. The number of nitrogens with zero attached hydrogens (tertiary/aromatic N) is 3. The molecule has 3 rings (SSSR count). The van der Waals surface area contributed by atoms with Gasteiger partial charge < -0.3 is 15.5 Å². The highest BCUT2D eigenvalue weighted by molar-refractivity contribution is 5.81. The van der Waals surface area contributed by atoms with Crippen LogP contribution in [0.4, 0.5) is 5.69 Å². The third-order valence-corrected chi connectivity index (χ3v) is 5.19. The fourth-order valence-corrected chi connectivity index (χ4v) is 3.55. The molecule has 1 aromatic rings. The van der Waals surface area contributed by atoms with E-state index < -0.39 is 0 Å². The predicted octanol–water partition coefficient (Wildman–Crippen LogP) is 1.15. The second kappa shape index (κ2) is 7.32. The lowest BCUT2D eigenvalue weighted by Crippen LogP contribution is -2.56. The molecule has 2 fully saturated rings. The number of para-hydroxylation sites is 1. The van der Waals surface area contributed by atoms with E-state index in [1.54, 1.807) is 0 Å². The van der Waals surface area contributed by atoms with Crippen LogP contribution in [0.25, 0.3) is 0 Å². The zero-order valence-electron chi connectivity index (χ0n) is 14.0. The predicted molar refractivity (Wildman–Crippen MR) is 93.5 cm³/mol. The monoisotopic (exact) mass is 316 g/mol. The van der Waals surface area contributed by atoms with E-state index in [-0.39, 0.29) is 18.0 Å². The lowest BCUT2D eigenvalue weighted by molar-refractivity contribution is -0.137. The highest BCUT2D eigenvalue weighted by Crippen LogP contribution is 2.18. The Hall–Kier alpha value is -1.59. The number of piperidine rings is 1. The zero-order valence-corrected chi connectivity index (χ0v) is 14.0. The third-order valence-electron chi connectivity index (χ3n) is 5.19. The summed E-state index contributed by atoms with van der Waals surface area (Å²) in [6, 6.07) is 10.8. The first-order chi connectivity index (χ1) is 11.1. The van der Waals surface area contributed by atoms with Crippen molar-refractivity contribution in [2.24, 2.45) is 5.73 Å². The average molecular weight is 316 g/mol. The maximum Gasteiger partial charge on any atom is 0.239 e. The highest BCUT2D eigenvalue weighted by Gasteiger charge is 2.30. The van der Waals surface area contributed by atoms with Gasteiger partial charge in [0.25, 0.3) is 0 Å². The Kier molecular flexibility index (Phi) is 5.18. The van der Waals surface area contributed by atoms with E-state index >= 15 is 0 Å². The Labute approximate surface area is 139 Å². The molecule has 5 nitrogen and oxygen atoms in total. The first-order valence-electron chi connectivity index (χ1n) is 8.73. The lowest BCUT2D eigenvalue weighted by atomic mass is 10.0. The molecule has 0 saturated carbocycles. The highest BCUT2D eigenvalue weighted by atomic mass is 16.2. The van der Waals surface area contributed by atoms with Crippen LogP contribution < -0.4 is 10.6 Å². The second-order valence-corrected chi connectivity index (χ2v) is 6.70. The van der Waals surface area contributed by atoms with Gasteiger partial charge >= 0.3 is 0 Å². The fraction of sp³-hybridized carbons (Fsp3) is 0.611. The van der Waals surface area contributed by atoms with E-state index in [0.29, 0.717) is 0 Å². The van der Waals surface area contributed by atoms with Gasteiger partial charge in [-0.25, -0.2) is 0 Å². The van der Waals surface area contributed by atoms with E-state index in [2.05, 4.69) is 41.0 Å². The molecule has 0 radical (unpaired) electrons. The molecule has 1 amide bonds. The zero-order chi connectivity index (χ0) is 16.2. The van der Waals surface area contributed by atoms with Crippen LogP contribution in [0.15, 0.2) is 30.3 Å². The summed E-state index contributed by atoms with van der Waals surface area (Å²) >= 11 is 0. The number of likely N-dealkylation sites (tertiary alicyclic amines) is 1. The topological polar surface area (TPSA) is 52.8 Å². The molecular weight excluding hydrogens is 288 g/mol. The number of nitrogens with two attached hydrogens (primary N) is 1. The van der Waals surface area contributed by atoms with Crippen molar-refractivity contribution in [3.8, 4) is 0 Å². The van der Waals surface area contributed by atoms with Gasteiger partial charge in [0.2, 0.25) is 5.91 Å². The van der Waals surface area contributed by atoms with Crippen LogP contribution in [0, 0.1) is 0 Å². The SMILES string of the molecule is CC(C(=O)N1CCC(N)CC1)N1CCN(c2ccccc2)CC1. The summed E-state index contributed by atoms with van der Waals surface area (Å²) in [4.78, 5) is 19.4. The van der Waals surface area contributed by atoms with Crippen LogP contribution in [0.3, 0.4) is 0 Å². The minimum atomic E-state index is -0.0257. The maximum atomic E-state index is 12.7. The van der Waals surface area contributed by atoms with Crippen molar-refractivity contribution < 1.29 is 4.79 Å². The van der Waals surface area contributed by atoms with Gasteiger partial charge in [0.05, 0.1) is 6.04 Å². The molecule has 0 spiro atoms. The summed E-state index contributed by atoms with van der Waals surface area (Å²) in [5.74, 6) is 0.269. The smallest absolute Gasteiger partial charge is 0.239 e. The normalized spacial score (nSPS) is 22.2. The van der Waals surface area contributed by atoms with E-state index in [4.69, 9.17) is 5.73 Å². The van der Waals surface area contributed by atoms with Gasteiger partial charge in [-0.05, 0) is 31.9 Å². The number of rotatable bonds is 3. The molecule has 0 aliphatic carbocycles. The average Bonchev–Trinajstić information content (AvgIpc) is 2.62. The molecule has 2 saturated heterocycles. The van der Waals surface area contributed by atoms with Crippen molar-refractivity contribution in [3.05, 3.63) is 30.3 Å². The number of carbonyl (C=O) groups is 1. The van der Waals surface area contributed by atoms with Crippen molar-refractivity contribution in [2.45, 2.75) is 31.8 Å². The van der Waals surface area contributed by atoms with Crippen LogP contribution in [0.2, 0.25) is 0 Å². The van der Waals surface area contributed by atoms with Crippen molar-refractivity contribution in [3.63, 3.8) is 0 Å². The molecule has 1 unspecified atom stereocenters. The molecule has 23 heavy (non-hydrogen) atoms. The molecule has 0 bridgehead atoms. The Bertz CT molecular complexity index is 505. The van der Waals surface area contributed by atoms with Crippen molar-refractivity contribution in [1.82, 2.24) is 9.80 Å². The lowest BCUT2D eigenvalue weighted by Gasteiger charge is -2.40. The number of amides is 1. The number of benzene rings is 1. The number of piperazine rings is 1. The molecule has 0 aromatic heterocycles. The van der Waals surface area contributed by atoms with E-state index in [1.165, 1.54) is 5.69 Å². The largest absolute Gasteiger partial charge is 0.369 e. The van der Waals surface area contributed by atoms with Crippen LogP contribution >= 0.6 is 0 Å². The molecule has 126 valence electrons. The van der Waals surface area contributed by atoms with Crippen molar-refractivity contribution in [1.29, 1.82) is 0 Å². The van der Waals surface area contributed by atoms with Crippen LogP contribution in [-0.4, -0.2) is 67.1 Å². The van der Waals surface area contributed by atoms with E-state index in [0.717, 1.165) is 52.1 Å². The summed E-state index contributed by atoms with van der Waals surface area (Å²) in [6.07, 6.45) is 1.86. The van der Waals surface area contributed by atoms with Crippen LogP contribution in [-0.2, 0) is 4.79 Å². The number of carbonyl (C=O) groups excluding carboxylic acids is 1. The molecule has 2 aliphatic rings. The summed E-state index contributed by atoms with van der Waals surface area (Å²) < 4.78 is 0.